The maximum absolute atomic E-state index is 12.6. The highest BCUT2D eigenvalue weighted by atomic mass is 32.2. The van der Waals surface area contributed by atoms with Crippen molar-refractivity contribution in [1.82, 2.24) is 4.90 Å². The summed E-state index contributed by atoms with van der Waals surface area (Å²) in [4.78, 5) is 14.2. The van der Waals surface area contributed by atoms with Crippen molar-refractivity contribution in [3.05, 3.63) is 54.1 Å². The van der Waals surface area contributed by atoms with E-state index in [1.807, 2.05) is 0 Å². The highest BCUT2D eigenvalue weighted by molar-refractivity contribution is 7.86. The average molecular weight is 443 g/mol. The largest absolute Gasteiger partial charge is 0.367 e. The van der Waals surface area contributed by atoms with Gasteiger partial charge in [0.15, 0.2) is 5.60 Å². The summed E-state index contributed by atoms with van der Waals surface area (Å²) >= 11 is 0. The van der Waals surface area contributed by atoms with Crippen molar-refractivity contribution in [1.29, 1.82) is 0 Å². The highest BCUT2D eigenvalue weighted by Gasteiger charge is 2.48. The van der Waals surface area contributed by atoms with Crippen LogP contribution in [-0.2, 0) is 25.5 Å². The van der Waals surface area contributed by atoms with E-state index in [0.717, 1.165) is 30.5 Å². The van der Waals surface area contributed by atoms with E-state index in [9.17, 15) is 13.2 Å². The molecule has 166 valence electrons. The van der Waals surface area contributed by atoms with Gasteiger partial charge in [0.2, 0.25) is 0 Å². The molecule has 0 radical (unpaired) electrons. The number of rotatable bonds is 8. The summed E-state index contributed by atoms with van der Waals surface area (Å²) in [6.45, 7) is 4.57. The molecular weight excluding hydrogens is 412 g/mol. The Hall–Kier alpha value is -2.22. The number of benzene rings is 2. The minimum Gasteiger partial charge on any atom is -0.367 e. The number of nitrogens with two attached hydrogens (primary N) is 1. The predicted octanol–water partition coefficient (Wildman–Crippen LogP) is 3.49. The van der Waals surface area contributed by atoms with Crippen molar-refractivity contribution in [2.45, 2.75) is 62.0 Å². The lowest BCUT2D eigenvalue weighted by atomic mass is 9.80. The van der Waals surface area contributed by atoms with Gasteiger partial charge in [0.25, 0.3) is 16.0 Å². The number of likely N-dealkylation sites (tertiary alicyclic amines) is 1. The van der Waals surface area contributed by atoms with Crippen LogP contribution in [-0.4, -0.2) is 44.0 Å². The molecule has 1 atom stereocenters. The van der Waals surface area contributed by atoms with E-state index in [0.29, 0.717) is 18.9 Å². The monoisotopic (exact) mass is 442 g/mol. The smallest absolute Gasteiger partial charge is 0.298 e. The molecule has 2 aromatic rings. The number of amides is 1. The van der Waals surface area contributed by atoms with Crippen LogP contribution < -0.4 is 5.73 Å². The zero-order valence-corrected chi connectivity index (χ0v) is 18.7. The van der Waals surface area contributed by atoms with Crippen LogP contribution in [0.4, 0.5) is 0 Å². The van der Waals surface area contributed by atoms with Crippen molar-refractivity contribution in [3.8, 4) is 11.1 Å². The van der Waals surface area contributed by atoms with Crippen molar-refractivity contribution < 1.29 is 17.4 Å². The summed E-state index contributed by atoms with van der Waals surface area (Å²) in [5.41, 5.74) is 7.22. The van der Waals surface area contributed by atoms with Crippen molar-refractivity contribution in [2.75, 3.05) is 13.1 Å². The van der Waals surface area contributed by atoms with Crippen molar-refractivity contribution in [2.24, 2.45) is 5.73 Å². The Kier molecular flexibility index (Phi) is 6.19. The molecule has 2 aromatic carbocycles. The molecule has 1 heterocycles. The lowest BCUT2D eigenvalue weighted by Crippen LogP contribution is -2.52. The Labute approximate surface area is 184 Å². The minimum atomic E-state index is -4.06. The number of primary amides is 1. The van der Waals surface area contributed by atoms with Crippen LogP contribution in [0.15, 0.2) is 53.4 Å². The molecule has 0 bridgehead atoms. The normalized spacial score (nSPS) is 21.0. The molecule has 1 aliphatic carbocycles. The van der Waals surface area contributed by atoms with E-state index in [4.69, 9.17) is 9.92 Å². The first-order chi connectivity index (χ1) is 14.8. The first kappa shape index (κ1) is 22.0. The van der Waals surface area contributed by atoms with Gasteiger partial charge in [0.1, 0.15) is 0 Å². The van der Waals surface area contributed by atoms with Gasteiger partial charge in [-0.15, -0.1) is 0 Å². The highest BCUT2D eigenvalue weighted by Crippen LogP contribution is 2.38. The van der Waals surface area contributed by atoms with Gasteiger partial charge in [0, 0.05) is 12.6 Å². The van der Waals surface area contributed by atoms with E-state index in [2.05, 4.69) is 36.1 Å². The molecule has 1 amide bonds. The fourth-order valence-electron chi connectivity index (χ4n) is 4.40. The Bertz CT molecular complexity index is 1030. The molecule has 4 rings (SSSR count). The van der Waals surface area contributed by atoms with Gasteiger partial charge in [-0.3, -0.25) is 4.79 Å². The second-order valence-corrected chi connectivity index (χ2v) is 10.3. The number of hydrogen-bond acceptors (Lipinski definition) is 5. The molecule has 1 saturated heterocycles. The predicted molar refractivity (Wildman–Crippen MR) is 120 cm³/mol. The van der Waals surface area contributed by atoms with Gasteiger partial charge in [-0.1, -0.05) is 36.4 Å². The van der Waals surface area contributed by atoms with Gasteiger partial charge in [0.05, 0.1) is 4.90 Å². The van der Waals surface area contributed by atoms with E-state index in [1.54, 1.807) is 12.1 Å². The van der Waals surface area contributed by atoms with Crippen molar-refractivity contribution >= 4 is 16.0 Å². The average Bonchev–Trinajstić information content (AvgIpc) is 3.14. The molecule has 31 heavy (non-hydrogen) atoms. The third-order valence-corrected chi connectivity index (χ3v) is 8.08. The Morgan fingerprint density at radius 2 is 1.68 bits per heavy atom. The summed E-state index contributed by atoms with van der Waals surface area (Å²) < 4.78 is 30.5. The summed E-state index contributed by atoms with van der Waals surface area (Å²) in [5, 5.41) is 0. The van der Waals surface area contributed by atoms with Gasteiger partial charge in [-0.2, -0.15) is 8.42 Å². The first-order valence-electron chi connectivity index (χ1n) is 11.0. The molecule has 2 aliphatic rings. The SMILES string of the molecule is CC1CCCN1CCc1ccc(-c2ccc(S(=O)(=O)OC3(C(N)=O)CCC3)cc2)cc1. The molecular formula is C24H30N2O4S. The molecule has 2 N–H and O–H groups in total. The minimum absolute atomic E-state index is 0.0279. The number of nitrogens with zero attached hydrogens (tertiary/aromatic N) is 1. The maximum atomic E-state index is 12.6. The molecule has 1 aliphatic heterocycles. The summed E-state index contributed by atoms with van der Waals surface area (Å²) in [5.74, 6) is -0.724. The van der Waals surface area contributed by atoms with Crippen LogP contribution in [0.25, 0.3) is 11.1 Å². The number of carbonyl (C=O) groups is 1. The molecule has 1 unspecified atom stereocenters. The van der Waals surface area contributed by atoms with Crippen molar-refractivity contribution in [3.63, 3.8) is 0 Å². The van der Waals surface area contributed by atoms with Crippen LogP contribution >= 0.6 is 0 Å². The fourth-order valence-corrected chi connectivity index (χ4v) is 5.64. The van der Waals surface area contributed by atoms with Crippen LogP contribution in [0, 0.1) is 0 Å². The van der Waals surface area contributed by atoms with Crippen LogP contribution in [0.1, 0.15) is 44.6 Å². The molecule has 0 spiro atoms. The van der Waals surface area contributed by atoms with Gasteiger partial charge in [-0.25, -0.2) is 4.18 Å². The Balaban J connectivity index is 1.41. The molecule has 1 saturated carbocycles. The van der Waals surface area contributed by atoms with E-state index >= 15 is 0 Å². The first-order valence-corrected chi connectivity index (χ1v) is 12.4. The second kappa shape index (κ2) is 8.73. The van der Waals surface area contributed by atoms with Crippen LogP contribution in [0.5, 0.6) is 0 Å². The van der Waals surface area contributed by atoms with Gasteiger partial charge in [-0.05, 0) is 80.8 Å². The molecule has 7 heteroatoms. The maximum Gasteiger partial charge on any atom is 0.298 e. The summed E-state index contributed by atoms with van der Waals surface area (Å²) in [7, 11) is -4.06. The third kappa shape index (κ3) is 4.68. The Morgan fingerprint density at radius 1 is 1.06 bits per heavy atom. The van der Waals surface area contributed by atoms with Gasteiger partial charge < -0.3 is 10.6 Å². The van der Waals surface area contributed by atoms with E-state index in [-0.39, 0.29) is 4.90 Å². The van der Waals surface area contributed by atoms with Crippen LogP contribution in [0.2, 0.25) is 0 Å². The zero-order valence-electron chi connectivity index (χ0n) is 17.9. The zero-order chi connectivity index (χ0) is 22.1. The fraction of sp³-hybridized carbons (Fsp3) is 0.458. The summed E-state index contributed by atoms with van der Waals surface area (Å²) in [6, 6.07) is 15.6. The standard InChI is InChI=1S/C24H30N2O4S/c1-18-4-2-16-26(18)17-13-19-5-7-20(8-6-19)21-9-11-22(12-10-21)31(28,29)30-24(23(25)27)14-3-15-24/h5-12,18H,2-4,13-17H2,1H3,(H2,25,27). The molecule has 2 fully saturated rings. The third-order valence-electron chi connectivity index (χ3n) is 6.69. The number of carbonyl (C=O) groups excluding carboxylic acids is 1. The quantitative estimate of drug-likeness (QED) is 0.632. The summed E-state index contributed by atoms with van der Waals surface area (Å²) in [6.07, 6.45) is 5.01. The lowest BCUT2D eigenvalue weighted by molar-refractivity contribution is -0.140. The molecule has 0 aromatic heterocycles. The van der Waals surface area contributed by atoms with Crippen LogP contribution in [0.3, 0.4) is 0 Å². The lowest BCUT2D eigenvalue weighted by Gasteiger charge is -2.37. The second-order valence-electron chi connectivity index (χ2n) is 8.75. The number of hydrogen-bond donors (Lipinski definition) is 1. The van der Waals surface area contributed by atoms with E-state index < -0.39 is 21.6 Å². The van der Waals surface area contributed by atoms with Gasteiger partial charge >= 0.3 is 0 Å². The van der Waals surface area contributed by atoms with E-state index in [1.165, 1.54) is 37.1 Å². The molecule has 6 nitrogen and oxygen atoms in total. The topological polar surface area (TPSA) is 89.7 Å². The Morgan fingerprint density at radius 3 is 2.16 bits per heavy atom.